The van der Waals surface area contributed by atoms with Gasteiger partial charge in [-0.2, -0.15) is 0 Å². The normalized spacial score (nSPS) is 28.1. The minimum atomic E-state index is -0.174. The van der Waals surface area contributed by atoms with Crippen molar-refractivity contribution in [3.05, 3.63) is 0 Å². The van der Waals surface area contributed by atoms with E-state index >= 15 is 0 Å². The van der Waals surface area contributed by atoms with Crippen molar-refractivity contribution < 1.29 is 9.90 Å². The zero-order valence-corrected chi connectivity index (χ0v) is 11.4. The molecule has 2 aliphatic carbocycles. The molecule has 0 radical (unpaired) electrons. The second-order valence-corrected chi connectivity index (χ2v) is 5.65. The Bertz CT molecular complexity index is 279. The predicted octanol–water partition coefficient (Wildman–Crippen LogP) is 1.14. The van der Waals surface area contributed by atoms with Gasteiger partial charge < -0.3 is 15.3 Å². The number of aliphatic hydroxyl groups excluding tert-OH is 1. The largest absolute Gasteiger partial charge is 0.393 e. The van der Waals surface area contributed by atoms with Gasteiger partial charge in [-0.3, -0.25) is 4.79 Å². The Morgan fingerprint density at radius 1 is 1.28 bits per heavy atom. The average Bonchev–Trinajstić information content (AvgIpc) is 3.17. The third-order valence-corrected chi connectivity index (χ3v) is 4.20. The summed E-state index contributed by atoms with van der Waals surface area (Å²) < 4.78 is 0. The van der Waals surface area contributed by atoms with Crippen LogP contribution in [0.4, 0.5) is 0 Å². The van der Waals surface area contributed by atoms with Crippen molar-refractivity contribution >= 4 is 5.91 Å². The first-order valence-electron chi connectivity index (χ1n) is 7.40. The number of nitrogens with zero attached hydrogens (tertiary/aromatic N) is 1. The summed E-state index contributed by atoms with van der Waals surface area (Å²) in [6.07, 6.45) is 6.52. The fourth-order valence-corrected chi connectivity index (χ4v) is 2.92. The molecule has 0 saturated heterocycles. The fourth-order valence-electron chi connectivity index (χ4n) is 2.92. The van der Waals surface area contributed by atoms with E-state index in [1.165, 1.54) is 19.3 Å². The number of hydrogen-bond donors (Lipinski definition) is 2. The summed E-state index contributed by atoms with van der Waals surface area (Å²) in [7, 11) is 0. The summed E-state index contributed by atoms with van der Waals surface area (Å²) in [6.45, 7) is 4.06. The van der Waals surface area contributed by atoms with Crippen LogP contribution < -0.4 is 5.32 Å². The molecule has 2 atom stereocenters. The van der Waals surface area contributed by atoms with Crippen molar-refractivity contribution in [2.24, 2.45) is 5.92 Å². The molecule has 1 amide bonds. The number of likely N-dealkylation sites (N-methyl/N-ethyl adjacent to an activating group) is 1. The van der Waals surface area contributed by atoms with E-state index in [2.05, 4.69) is 5.32 Å². The van der Waals surface area contributed by atoms with E-state index in [0.29, 0.717) is 18.5 Å². The monoisotopic (exact) mass is 254 g/mol. The van der Waals surface area contributed by atoms with Gasteiger partial charge in [0, 0.05) is 19.1 Å². The van der Waals surface area contributed by atoms with Crippen molar-refractivity contribution in [3.63, 3.8) is 0 Å². The van der Waals surface area contributed by atoms with E-state index in [-0.39, 0.29) is 12.0 Å². The Labute approximate surface area is 110 Å². The van der Waals surface area contributed by atoms with Gasteiger partial charge in [-0.25, -0.2) is 0 Å². The molecular weight excluding hydrogens is 228 g/mol. The summed E-state index contributed by atoms with van der Waals surface area (Å²) in [4.78, 5) is 14.0. The average molecular weight is 254 g/mol. The Morgan fingerprint density at radius 2 is 2.00 bits per heavy atom. The molecule has 104 valence electrons. The van der Waals surface area contributed by atoms with Gasteiger partial charge in [0.25, 0.3) is 0 Å². The third kappa shape index (κ3) is 3.69. The standard InChI is InChI=1S/C14H26N2O2/c1-2-16(12-7-8-12)14(18)10-15-9-11-5-3-4-6-13(11)17/h11-13,15,17H,2-10H2,1H3. The Hall–Kier alpha value is -0.610. The first-order valence-corrected chi connectivity index (χ1v) is 7.40. The van der Waals surface area contributed by atoms with Crippen LogP contribution in [0.3, 0.4) is 0 Å². The molecule has 2 unspecified atom stereocenters. The highest BCUT2D eigenvalue weighted by atomic mass is 16.3. The van der Waals surface area contributed by atoms with Gasteiger partial charge in [0.2, 0.25) is 5.91 Å². The summed E-state index contributed by atoms with van der Waals surface area (Å²) in [6, 6.07) is 0.504. The van der Waals surface area contributed by atoms with E-state index in [9.17, 15) is 9.90 Å². The molecule has 0 spiro atoms. The van der Waals surface area contributed by atoms with Crippen LogP contribution in [0.15, 0.2) is 0 Å². The van der Waals surface area contributed by atoms with E-state index in [0.717, 1.165) is 32.4 Å². The van der Waals surface area contributed by atoms with Crippen molar-refractivity contribution in [3.8, 4) is 0 Å². The van der Waals surface area contributed by atoms with Crippen LogP contribution >= 0.6 is 0 Å². The fraction of sp³-hybridized carbons (Fsp3) is 0.929. The summed E-state index contributed by atoms with van der Waals surface area (Å²) in [5.41, 5.74) is 0. The molecule has 0 heterocycles. The summed E-state index contributed by atoms with van der Waals surface area (Å²) in [5, 5.41) is 13.1. The van der Waals surface area contributed by atoms with Gasteiger partial charge in [-0.15, -0.1) is 0 Å². The predicted molar refractivity (Wildman–Crippen MR) is 71.2 cm³/mol. The highest BCUT2D eigenvalue weighted by Crippen LogP contribution is 2.26. The molecule has 0 bridgehead atoms. The lowest BCUT2D eigenvalue weighted by Crippen LogP contribution is -2.42. The Kier molecular flexibility index (Phi) is 5.01. The SMILES string of the molecule is CCN(C(=O)CNCC1CCCCC1O)C1CC1. The molecule has 4 heteroatoms. The number of carbonyl (C=O) groups is 1. The van der Waals surface area contributed by atoms with Gasteiger partial charge in [-0.05, 0) is 38.5 Å². The van der Waals surface area contributed by atoms with E-state index < -0.39 is 0 Å². The van der Waals surface area contributed by atoms with Crippen LogP contribution in [0.25, 0.3) is 0 Å². The first-order chi connectivity index (χ1) is 8.72. The number of carbonyl (C=O) groups excluding carboxylic acids is 1. The molecule has 2 aliphatic rings. The van der Waals surface area contributed by atoms with Crippen molar-refractivity contribution in [2.45, 2.75) is 57.6 Å². The van der Waals surface area contributed by atoms with Gasteiger partial charge >= 0.3 is 0 Å². The van der Waals surface area contributed by atoms with E-state index in [4.69, 9.17) is 0 Å². The van der Waals surface area contributed by atoms with Crippen LogP contribution in [-0.4, -0.2) is 47.7 Å². The molecule has 0 aromatic heterocycles. The lowest BCUT2D eigenvalue weighted by molar-refractivity contribution is -0.130. The second kappa shape index (κ2) is 6.53. The molecule has 0 aliphatic heterocycles. The molecule has 2 fully saturated rings. The maximum atomic E-state index is 12.0. The number of amides is 1. The minimum absolute atomic E-state index is 0.174. The highest BCUT2D eigenvalue weighted by molar-refractivity contribution is 5.78. The molecule has 0 aromatic carbocycles. The van der Waals surface area contributed by atoms with Crippen LogP contribution in [0, 0.1) is 5.92 Å². The minimum Gasteiger partial charge on any atom is -0.393 e. The molecule has 18 heavy (non-hydrogen) atoms. The van der Waals surface area contributed by atoms with Gasteiger partial charge in [0.05, 0.1) is 12.6 Å². The van der Waals surface area contributed by atoms with Gasteiger partial charge in [0.15, 0.2) is 0 Å². The number of nitrogens with one attached hydrogen (secondary N) is 1. The second-order valence-electron chi connectivity index (χ2n) is 5.65. The highest BCUT2D eigenvalue weighted by Gasteiger charge is 2.31. The van der Waals surface area contributed by atoms with Crippen LogP contribution in [0.5, 0.6) is 0 Å². The molecule has 2 saturated carbocycles. The zero-order valence-electron chi connectivity index (χ0n) is 11.4. The lowest BCUT2D eigenvalue weighted by Gasteiger charge is -2.28. The van der Waals surface area contributed by atoms with Crippen molar-refractivity contribution in [2.75, 3.05) is 19.6 Å². The Balaban J connectivity index is 1.66. The summed E-state index contributed by atoms with van der Waals surface area (Å²) in [5.74, 6) is 0.549. The van der Waals surface area contributed by atoms with Crippen molar-refractivity contribution in [1.82, 2.24) is 10.2 Å². The summed E-state index contributed by atoms with van der Waals surface area (Å²) >= 11 is 0. The number of aliphatic hydroxyl groups is 1. The smallest absolute Gasteiger partial charge is 0.236 e. The van der Waals surface area contributed by atoms with Crippen LogP contribution in [0.2, 0.25) is 0 Å². The molecule has 0 aromatic rings. The lowest BCUT2D eigenvalue weighted by atomic mass is 9.86. The van der Waals surface area contributed by atoms with Crippen LogP contribution in [0.1, 0.15) is 45.4 Å². The third-order valence-electron chi connectivity index (χ3n) is 4.20. The quantitative estimate of drug-likeness (QED) is 0.747. The zero-order chi connectivity index (χ0) is 13.0. The van der Waals surface area contributed by atoms with Gasteiger partial charge in [0.1, 0.15) is 0 Å². The maximum Gasteiger partial charge on any atom is 0.236 e. The molecule has 2 rings (SSSR count). The molecule has 2 N–H and O–H groups in total. The van der Waals surface area contributed by atoms with Crippen LogP contribution in [-0.2, 0) is 4.79 Å². The number of hydrogen-bond acceptors (Lipinski definition) is 3. The molecule has 4 nitrogen and oxygen atoms in total. The van der Waals surface area contributed by atoms with Crippen molar-refractivity contribution in [1.29, 1.82) is 0 Å². The topological polar surface area (TPSA) is 52.6 Å². The maximum absolute atomic E-state index is 12.0. The first kappa shape index (κ1) is 13.8. The molecular formula is C14H26N2O2. The Morgan fingerprint density at radius 3 is 2.61 bits per heavy atom. The van der Waals surface area contributed by atoms with E-state index in [1.54, 1.807) is 0 Å². The number of rotatable bonds is 6. The van der Waals surface area contributed by atoms with E-state index in [1.807, 2.05) is 11.8 Å². The van der Waals surface area contributed by atoms with Gasteiger partial charge in [-0.1, -0.05) is 12.8 Å².